The first kappa shape index (κ1) is 17.4. The lowest BCUT2D eigenvalue weighted by Crippen LogP contribution is -2.32. The van der Waals surface area contributed by atoms with E-state index < -0.39 is 0 Å². The zero-order valence-electron chi connectivity index (χ0n) is 14.2. The number of hydrogen-bond acceptors (Lipinski definition) is 2. The number of hydrogen-bond donors (Lipinski definition) is 1. The molecule has 4 rings (SSSR count). The van der Waals surface area contributed by atoms with Crippen molar-refractivity contribution in [2.24, 2.45) is 0 Å². The standard InChI is InChI=1S/C20H19Cl2N3O/c21-17-7-6-15(10-18(17)22)11-24-9-8-19-16(13-24)20(26)25(23-19)12-14-4-2-1-3-5-14/h1-7,10,23H,8-9,11-13H2. The quantitative estimate of drug-likeness (QED) is 0.732. The van der Waals surface area contributed by atoms with Crippen molar-refractivity contribution in [3.05, 3.63) is 91.3 Å². The van der Waals surface area contributed by atoms with Crippen LogP contribution in [0.2, 0.25) is 10.0 Å². The second-order valence-electron chi connectivity index (χ2n) is 6.65. The zero-order valence-corrected chi connectivity index (χ0v) is 15.7. The van der Waals surface area contributed by atoms with Crippen LogP contribution >= 0.6 is 23.2 Å². The van der Waals surface area contributed by atoms with Crippen LogP contribution in [-0.2, 0) is 26.1 Å². The number of aromatic nitrogens is 2. The number of benzene rings is 2. The molecule has 0 aliphatic carbocycles. The molecule has 0 spiro atoms. The third-order valence-corrected chi connectivity index (χ3v) is 5.51. The molecule has 1 N–H and O–H groups in total. The molecule has 0 atom stereocenters. The van der Waals surface area contributed by atoms with E-state index in [1.165, 1.54) is 0 Å². The van der Waals surface area contributed by atoms with Crippen LogP contribution in [0.4, 0.5) is 0 Å². The Morgan fingerprint density at radius 3 is 2.54 bits per heavy atom. The summed E-state index contributed by atoms with van der Waals surface area (Å²) >= 11 is 12.1. The smallest absolute Gasteiger partial charge is 0.271 e. The van der Waals surface area contributed by atoms with E-state index in [-0.39, 0.29) is 5.56 Å². The maximum atomic E-state index is 12.8. The van der Waals surface area contributed by atoms with Crippen molar-refractivity contribution in [2.45, 2.75) is 26.1 Å². The molecule has 1 aliphatic heterocycles. The molecule has 0 fully saturated rings. The number of nitrogens with one attached hydrogen (secondary N) is 1. The van der Waals surface area contributed by atoms with Crippen molar-refractivity contribution in [1.82, 2.24) is 14.7 Å². The van der Waals surface area contributed by atoms with Gasteiger partial charge in [-0.3, -0.25) is 14.8 Å². The summed E-state index contributed by atoms with van der Waals surface area (Å²) in [4.78, 5) is 15.0. The van der Waals surface area contributed by atoms with E-state index in [0.29, 0.717) is 23.1 Å². The van der Waals surface area contributed by atoms with Gasteiger partial charge in [-0.2, -0.15) is 0 Å². The van der Waals surface area contributed by atoms with Gasteiger partial charge < -0.3 is 0 Å². The number of rotatable bonds is 4. The van der Waals surface area contributed by atoms with Crippen LogP contribution in [0, 0.1) is 0 Å². The summed E-state index contributed by atoms with van der Waals surface area (Å²) < 4.78 is 1.71. The van der Waals surface area contributed by atoms with Crippen LogP contribution in [0.3, 0.4) is 0 Å². The lowest BCUT2D eigenvalue weighted by Gasteiger charge is -2.26. The van der Waals surface area contributed by atoms with Crippen molar-refractivity contribution in [2.75, 3.05) is 6.54 Å². The molecule has 0 saturated carbocycles. The molecule has 0 amide bonds. The minimum absolute atomic E-state index is 0.0719. The first-order valence-corrected chi connectivity index (χ1v) is 9.36. The highest BCUT2D eigenvalue weighted by Crippen LogP contribution is 2.24. The fourth-order valence-electron chi connectivity index (χ4n) is 3.42. The second-order valence-corrected chi connectivity index (χ2v) is 7.47. The van der Waals surface area contributed by atoms with Crippen molar-refractivity contribution in [3.8, 4) is 0 Å². The number of H-pyrrole nitrogens is 1. The molecule has 0 unspecified atom stereocenters. The average molecular weight is 388 g/mol. The normalized spacial score (nSPS) is 14.4. The van der Waals surface area contributed by atoms with Gasteiger partial charge in [0.2, 0.25) is 0 Å². The van der Waals surface area contributed by atoms with E-state index in [9.17, 15) is 4.79 Å². The molecule has 2 heterocycles. The van der Waals surface area contributed by atoms with Crippen LogP contribution in [0.15, 0.2) is 53.3 Å². The summed E-state index contributed by atoms with van der Waals surface area (Å²) in [6.45, 7) is 2.87. The van der Waals surface area contributed by atoms with E-state index in [0.717, 1.165) is 41.9 Å². The number of halogens is 2. The van der Waals surface area contributed by atoms with Crippen molar-refractivity contribution >= 4 is 23.2 Å². The van der Waals surface area contributed by atoms with Gasteiger partial charge in [0.15, 0.2) is 0 Å². The van der Waals surface area contributed by atoms with Crippen LogP contribution < -0.4 is 5.56 Å². The van der Waals surface area contributed by atoms with E-state index in [1.807, 2.05) is 48.5 Å². The van der Waals surface area contributed by atoms with Crippen molar-refractivity contribution < 1.29 is 0 Å². The third-order valence-electron chi connectivity index (χ3n) is 4.77. The maximum absolute atomic E-state index is 12.8. The Bertz CT molecular complexity index is 978. The van der Waals surface area contributed by atoms with Crippen molar-refractivity contribution in [1.29, 1.82) is 0 Å². The zero-order chi connectivity index (χ0) is 18.1. The highest BCUT2D eigenvalue weighted by atomic mass is 35.5. The summed E-state index contributed by atoms with van der Waals surface area (Å²) in [6, 6.07) is 15.7. The van der Waals surface area contributed by atoms with Gasteiger partial charge >= 0.3 is 0 Å². The second kappa shape index (κ2) is 7.31. The number of aromatic amines is 1. The molecule has 6 heteroatoms. The molecule has 134 valence electrons. The largest absolute Gasteiger partial charge is 0.299 e. The molecule has 0 radical (unpaired) electrons. The molecular formula is C20H19Cl2N3O. The molecule has 3 aromatic rings. The Labute approximate surface area is 161 Å². The summed E-state index contributed by atoms with van der Waals surface area (Å²) in [6.07, 6.45) is 0.841. The van der Waals surface area contributed by atoms with Gasteiger partial charge in [-0.15, -0.1) is 0 Å². The monoisotopic (exact) mass is 387 g/mol. The first-order valence-electron chi connectivity index (χ1n) is 8.61. The summed E-state index contributed by atoms with van der Waals surface area (Å²) in [7, 11) is 0. The summed E-state index contributed by atoms with van der Waals surface area (Å²) in [5, 5.41) is 4.41. The van der Waals surface area contributed by atoms with E-state index >= 15 is 0 Å². The van der Waals surface area contributed by atoms with Gasteiger partial charge in [0.25, 0.3) is 5.56 Å². The van der Waals surface area contributed by atoms with Crippen LogP contribution in [0.5, 0.6) is 0 Å². The minimum atomic E-state index is 0.0719. The minimum Gasteiger partial charge on any atom is -0.299 e. The van der Waals surface area contributed by atoms with Crippen LogP contribution in [0.25, 0.3) is 0 Å². The van der Waals surface area contributed by atoms with Gasteiger partial charge in [0.05, 0.1) is 22.2 Å². The molecule has 0 saturated heterocycles. The SMILES string of the molecule is O=c1c2c([nH]n1Cc1ccccc1)CCN(Cc1ccc(Cl)c(Cl)c1)C2. The number of nitrogens with zero attached hydrogens (tertiary/aromatic N) is 2. The Morgan fingerprint density at radius 1 is 0.962 bits per heavy atom. The molecule has 0 bridgehead atoms. The predicted molar refractivity (Wildman–Crippen MR) is 105 cm³/mol. The molecule has 1 aliphatic rings. The Hall–Kier alpha value is -2.01. The van der Waals surface area contributed by atoms with Gasteiger partial charge in [-0.05, 0) is 23.3 Å². The van der Waals surface area contributed by atoms with E-state index in [4.69, 9.17) is 23.2 Å². The highest BCUT2D eigenvalue weighted by Gasteiger charge is 2.22. The molecule has 1 aromatic heterocycles. The number of fused-ring (bicyclic) bond motifs is 1. The molecular weight excluding hydrogens is 369 g/mol. The fourth-order valence-corrected chi connectivity index (χ4v) is 3.74. The van der Waals surface area contributed by atoms with E-state index in [2.05, 4.69) is 10.00 Å². The lowest BCUT2D eigenvalue weighted by molar-refractivity contribution is 0.244. The summed E-state index contributed by atoms with van der Waals surface area (Å²) in [5.41, 5.74) is 4.20. The Kier molecular flexibility index (Phi) is 4.90. The summed E-state index contributed by atoms with van der Waals surface area (Å²) in [5.74, 6) is 0. The van der Waals surface area contributed by atoms with Crippen molar-refractivity contribution in [3.63, 3.8) is 0 Å². The topological polar surface area (TPSA) is 41.0 Å². The Balaban J connectivity index is 1.51. The third kappa shape index (κ3) is 3.58. The predicted octanol–water partition coefficient (Wildman–Crippen LogP) is 4.09. The van der Waals surface area contributed by atoms with Gasteiger partial charge in [0, 0.05) is 31.7 Å². The first-order chi connectivity index (χ1) is 12.6. The maximum Gasteiger partial charge on any atom is 0.271 e. The van der Waals surface area contributed by atoms with Crippen LogP contribution in [-0.4, -0.2) is 21.2 Å². The molecule has 2 aromatic carbocycles. The lowest BCUT2D eigenvalue weighted by atomic mass is 10.1. The van der Waals surface area contributed by atoms with Gasteiger partial charge in [-0.25, -0.2) is 4.68 Å². The van der Waals surface area contributed by atoms with E-state index in [1.54, 1.807) is 4.68 Å². The van der Waals surface area contributed by atoms with Gasteiger partial charge in [0.1, 0.15) is 0 Å². The highest BCUT2D eigenvalue weighted by molar-refractivity contribution is 6.42. The van der Waals surface area contributed by atoms with Gasteiger partial charge in [-0.1, -0.05) is 59.6 Å². The molecule has 26 heavy (non-hydrogen) atoms. The average Bonchev–Trinajstić information content (AvgIpc) is 2.95. The fraction of sp³-hybridized carbons (Fsp3) is 0.250. The molecule has 4 nitrogen and oxygen atoms in total. The van der Waals surface area contributed by atoms with Crippen LogP contribution in [0.1, 0.15) is 22.4 Å². The Morgan fingerprint density at radius 2 is 1.77 bits per heavy atom.